The molecular weight excluding hydrogens is 298 g/mol. The van der Waals surface area contributed by atoms with Crippen LogP contribution in [-0.4, -0.2) is 41.9 Å². The van der Waals surface area contributed by atoms with E-state index >= 15 is 0 Å². The van der Waals surface area contributed by atoms with Gasteiger partial charge in [0.15, 0.2) is 0 Å². The summed E-state index contributed by atoms with van der Waals surface area (Å²) in [5.74, 6) is 1.52. The van der Waals surface area contributed by atoms with E-state index in [1.54, 1.807) is 0 Å². The molecule has 4 nitrogen and oxygen atoms in total. The lowest BCUT2D eigenvalue weighted by Crippen LogP contribution is -2.19. The molecule has 1 heterocycles. The van der Waals surface area contributed by atoms with E-state index in [4.69, 9.17) is 9.84 Å². The number of aromatic nitrogens is 2. The minimum Gasteiger partial charge on any atom is -0.490 e. The molecule has 24 heavy (non-hydrogen) atoms. The van der Waals surface area contributed by atoms with E-state index in [2.05, 4.69) is 61.5 Å². The van der Waals surface area contributed by atoms with Crippen molar-refractivity contribution < 1.29 is 4.74 Å². The molecule has 1 aromatic heterocycles. The van der Waals surface area contributed by atoms with Crippen molar-refractivity contribution in [2.45, 2.75) is 18.8 Å². The molecule has 1 aliphatic carbocycles. The van der Waals surface area contributed by atoms with Gasteiger partial charge < -0.3 is 9.64 Å². The van der Waals surface area contributed by atoms with Gasteiger partial charge in [-0.3, -0.25) is 0 Å². The van der Waals surface area contributed by atoms with Crippen molar-refractivity contribution in [2.75, 3.05) is 27.2 Å². The Morgan fingerprint density at radius 2 is 1.88 bits per heavy atom. The van der Waals surface area contributed by atoms with Crippen LogP contribution in [0.3, 0.4) is 0 Å². The molecule has 0 spiro atoms. The second-order valence-corrected chi connectivity index (χ2v) is 6.71. The Hall–Kier alpha value is -2.33. The highest BCUT2D eigenvalue weighted by atomic mass is 16.5. The molecule has 0 bridgehead atoms. The fourth-order valence-corrected chi connectivity index (χ4v) is 3.03. The fourth-order valence-electron chi connectivity index (χ4n) is 3.03. The Labute approximate surface area is 142 Å². The number of likely N-dealkylation sites (N-methyl/N-ethyl adjacent to an activating group) is 1. The summed E-state index contributed by atoms with van der Waals surface area (Å²) in [5.41, 5.74) is 3.38. The van der Waals surface area contributed by atoms with Crippen LogP contribution >= 0.6 is 0 Å². The van der Waals surface area contributed by atoms with Gasteiger partial charge in [0.2, 0.25) is 0 Å². The summed E-state index contributed by atoms with van der Waals surface area (Å²) in [7, 11) is 4.12. The summed E-state index contributed by atoms with van der Waals surface area (Å²) >= 11 is 0. The lowest BCUT2D eigenvalue weighted by Gasteiger charge is -2.13. The molecule has 124 valence electrons. The first-order valence-electron chi connectivity index (χ1n) is 8.58. The maximum atomic E-state index is 6.10. The Balaban J connectivity index is 1.81. The summed E-state index contributed by atoms with van der Waals surface area (Å²) in [6.45, 7) is 1.57. The molecule has 2 aromatic carbocycles. The van der Waals surface area contributed by atoms with Gasteiger partial charge in [-0.15, -0.1) is 0 Å². The predicted molar refractivity (Wildman–Crippen MR) is 97.1 cm³/mol. The number of para-hydroxylation sites is 2. The smallest absolute Gasteiger partial charge is 0.145 e. The van der Waals surface area contributed by atoms with Crippen LogP contribution in [0.4, 0.5) is 0 Å². The largest absolute Gasteiger partial charge is 0.490 e. The van der Waals surface area contributed by atoms with E-state index in [0.29, 0.717) is 12.5 Å². The van der Waals surface area contributed by atoms with Crippen LogP contribution in [0.1, 0.15) is 24.5 Å². The monoisotopic (exact) mass is 321 g/mol. The number of ether oxygens (including phenoxy) is 1. The molecule has 1 fully saturated rings. The highest BCUT2D eigenvalue weighted by molar-refractivity contribution is 5.89. The lowest BCUT2D eigenvalue weighted by atomic mass is 10.1. The van der Waals surface area contributed by atoms with E-state index in [-0.39, 0.29) is 0 Å². The third-order valence-electron chi connectivity index (χ3n) is 4.46. The molecule has 0 radical (unpaired) electrons. The van der Waals surface area contributed by atoms with Crippen molar-refractivity contribution >= 4 is 10.9 Å². The summed E-state index contributed by atoms with van der Waals surface area (Å²) in [5, 5.41) is 6.18. The van der Waals surface area contributed by atoms with E-state index in [0.717, 1.165) is 23.5 Å². The third-order valence-corrected chi connectivity index (χ3v) is 4.46. The second kappa shape index (κ2) is 6.29. The predicted octanol–water partition coefficient (Wildman–Crippen LogP) is 3.84. The SMILES string of the molecule is CN(C)CCOc1cccc2c(C3CC3)nn(-c3ccccc3)c12. The van der Waals surface area contributed by atoms with E-state index in [1.807, 2.05) is 10.7 Å². The van der Waals surface area contributed by atoms with E-state index in [1.165, 1.54) is 23.9 Å². The molecule has 3 aromatic rings. The number of benzene rings is 2. The number of fused-ring (bicyclic) bond motifs is 1. The van der Waals surface area contributed by atoms with Gasteiger partial charge in [-0.1, -0.05) is 30.3 Å². The van der Waals surface area contributed by atoms with Crippen LogP contribution < -0.4 is 4.74 Å². The molecule has 0 unspecified atom stereocenters. The highest BCUT2D eigenvalue weighted by Crippen LogP contribution is 2.44. The first kappa shape index (κ1) is 15.2. The number of nitrogens with zero attached hydrogens (tertiary/aromatic N) is 3. The molecule has 0 atom stereocenters. The molecule has 0 aliphatic heterocycles. The normalized spacial score (nSPS) is 14.5. The first-order valence-corrected chi connectivity index (χ1v) is 8.58. The van der Waals surface area contributed by atoms with Crippen molar-refractivity contribution in [2.24, 2.45) is 0 Å². The maximum Gasteiger partial charge on any atom is 0.145 e. The molecule has 0 N–H and O–H groups in total. The van der Waals surface area contributed by atoms with Gasteiger partial charge in [-0.05, 0) is 45.1 Å². The molecule has 1 saturated carbocycles. The Bertz CT molecular complexity index is 835. The summed E-state index contributed by atoms with van der Waals surface area (Å²) in [6.07, 6.45) is 2.49. The number of hydrogen-bond acceptors (Lipinski definition) is 3. The van der Waals surface area contributed by atoms with Gasteiger partial charge in [0.1, 0.15) is 17.9 Å². The fraction of sp³-hybridized carbons (Fsp3) is 0.350. The number of rotatable bonds is 6. The van der Waals surface area contributed by atoms with Crippen molar-refractivity contribution in [1.82, 2.24) is 14.7 Å². The van der Waals surface area contributed by atoms with Gasteiger partial charge in [-0.2, -0.15) is 5.10 Å². The zero-order valence-corrected chi connectivity index (χ0v) is 14.3. The van der Waals surface area contributed by atoms with Crippen LogP contribution in [0.25, 0.3) is 16.6 Å². The maximum absolute atomic E-state index is 6.10. The van der Waals surface area contributed by atoms with Crippen molar-refractivity contribution in [1.29, 1.82) is 0 Å². The van der Waals surface area contributed by atoms with Crippen molar-refractivity contribution in [3.05, 3.63) is 54.2 Å². The van der Waals surface area contributed by atoms with Gasteiger partial charge in [0.25, 0.3) is 0 Å². The minimum atomic E-state index is 0.606. The van der Waals surface area contributed by atoms with Crippen molar-refractivity contribution in [3.8, 4) is 11.4 Å². The van der Waals surface area contributed by atoms with E-state index < -0.39 is 0 Å². The summed E-state index contributed by atoms with van der Waals surface area (Å²) in [6, 6.07) is 16.6. The molecule has 0 amide bonds. The molecule has 0 saturated heterocycles. The average Bonchev–Trinajstić information content (AvgIpc) is 3.36. The standard InChI is InChI=1S/C20H23N3O/c1-22(2)13-14-24-18-10-6-9-17-19(15-11-12-15)21-23(20(17)18)16-7-4-3-5-8-16/h3-10,15H,11-14H2,1-2H3. The van der Waals surface area contributed by atoms with Crippen LogP contribution in [0.5, 0.6) is 5.75 Å². The van der Waals surface area contributed by atoms with Gasteiger partial charge in [-0.25, -0.2) is 4.68 Å². The molecule has 4 heteroatoms. The van der Waals surface area contributed by atoms with Crippen LogP contribution in [-0.2, 0) is 0 Å². The van der Waals surface area contributed by atoms with Crippen LogP contribution in [0, 0.1) is 0 Å². The minimum absolute atomic E-state index is 0.606. The second-order valence-electron chi connectivity index (χ2n) is 6.71. The van der Waals surface area contributed by atoms with Crippen LogP contribution in [0.15, 0.2) is 48.5 Å². The first-order chi connectivity index (χ1) is 11.7. The van der Waals surface area contributed by atoms with Gasteiger partial charge in [0, 0.05) is 17.8 Å². The average molecular weight is 321 g/mol. The lowest BCUT2D eigenvalue weighted by molar-refractivity contribution is 0.263. The summed E-state index contributed by atoms with van der Waals surface area (Å²) in [4.78, 5) is 2.13. The zero-order valence-electron chi connectivity index (χ0n) is 14.3. The Morgan fingerprint density at radius 3 is 2.58 bits per heavy atom. The van der Waals surface area contributed by atoms with Crippen molar-refractivity contribution in [3.63, 3.8) is 0 Å². The van der Waals surface area contributed by atoms with Gasteiger partial charge >= 0.3 is 0 Å². The topological polar surface area (TPSA) is 30.3 Å². The highest BCUT2D eigenvalue weighted by Gasteiger charge is 2.30. The zero-order chi connectivity index (χ0) is 16.5. The molecular formula is C20H23N3O. The van der Waals surface area contributed by atoms with Gasteiger partial charge in [0.05, 0.1) is 11.4 Å². The number of hydrogen-bond donors (Lipinski definition) is 0. The quantitative estimate of drug-likeness (QED) is 0.691. The Morgan fingerprint density at radius 1 is 1.08 bits per heavy atom. The molecule has 1 aliphatic rings. The molecule has 4 rings (SSSR count). The summed E-state index contributed by atoms with van der Waals surface area (Å²) < 4.78 is 8.15. The Kier molecular flexibility index (Phi) is 3.98. The third kappa shape index (κ3) is 2.89. The van der Waals surface area contributed by atoms with E-state index in [9.17, 15) is 0 Å². The van der Waals surface area contributed by atoms with Crippen LogP contribution in [0.2, 0.25) is 0 Å².